The van der Waals surface area contributed by atoms with E-state index in [0.29, 0.717) is 11.8 Å². The van der Waals surface area contributed by atoms with Crippen molar-refractivity contribution in [2.75, 3.05) is 26.4 Å². The van der Waals surface area contributed by atoms with Gasteiger partial charge in [-0.25, -0.2) is 0 Å². The predicted octanol–water partition coefficient (Wildman–Crippen LogP) is 1.77. The standard InChI is InChI=1S/C15H25NO3/c1-12(17)14-4-2-3-7-16(14)13-5-8-19-15(10-13)6-9-18-11-15/h13-14H,2-11H2,1H3. The molecule has 0 aliphatic carbocycles. The van der Waals surface area contributed by atoms with Crippen molar-refractivity contribution >= 4 is 5.78 Å². The third kappa shape index (κ3) is 2.71. The van der Waals surface area contributed by atoms with Gasteiger partial charge in [-0.05, 0) is 39.2 Å². The van der Waals surface area contributed by atoms with Crippen molar-refractivity contribution < 1.29 is 14.3 Å². The number of ketones is 1. The lowest BCUT2D eigenvalue weighted by Gasteiger charge is -2.46. The molecule has 0 radical (unpaired) electrons. The van der Waals surface area contributed by atoms with E-state index in [1.807, 2.05) is 0 Å². The van der Waals surface area contributed by atoms with Gasteiger partial charge in [0.05, 0.1) is 18.2 Å². The third-order valence-corrected chi connectivity index (χ3v) is 5.02. The van der Waals surface area contributed by atoms with Crippen molar-refractivity contribution in [3.63, 3.8) is 0 Å². The van der Waals surface area contributed by atoms with Crippen molar-refractivity contribution in [2.24, 2.45) is 0 Å². The number of ether oxygens (including phenoxy) is 2. The van der Waals surface area contributed by atoms with Crippen molar-refractivity contribution in [3.05, 3.63) is 0 Å². The second kappa shape index (κ2) is 5.51. The van der Waals surface area contributed by atoms with Gasteiger partial charge in [0.25, 0.3) is 0 Å². The van der Waals surface area contributed by atoms with Gasteiger partial charge in [0, 0.05) is 25.7 Å². The molecule has 0 aromatic carbocycles. The summed E-state index contributed by atoms with van der Waals surface area (Å²) in [5.74, 6) is 0.336. The van der Waals surface area contributed by atoms with Crippen LogP contribution in [0.1, 0.15) is 45.4 Å². The molecular weight excluding hydrogens is 242 g/mol. The van der Waals surface area contributed by atoms with Crippen molar-refractivity contribution in [1.82, 2.24) is 4.90 Å². The van der Waals surface area contributed by atoms with E-state index in [4.69, 9.17) is 9.47 Å². The molecule has 0 saturated carbocycles. The number of nitrogens with zero attached hydrogens (tertiary/aromatic N) is 1. The molecule has 3 aliphatic heterocycles. The maximum atomic E-state index is 11.9. The molecule has 3 unspecified atom stereocenters. The van der Waals surface area contributed by atoms with Crippen LogP contribution in [-0.4, -0.2) is 54.7 Å². The lowest BCUT2D eigenvalue weighted by atomic mass is 9.86. The van der Waals surface area contributed by atoms with Crippen LogP contribution in [0.25, 0.3) is 0 Å². The highest BCUT2D eigenvalue weighted by Crippen LogP contribution is 2.36. The van der Waals surface area contributed by atoms with E-state index in [0.717, 1.165) is 52.0 Å². The van der Waals surface area contributed by atoms with E-state index >= 15 is 0 Å². The molecular formula is C15H25NO3. The summed E-state index contributed by atoms with van der Waals surface area (Å²) in [5.41, 5.74) is -0.0539. The van der Waals surface area contributed by atoms with Gasteiger partial charge >= 0.3 is 0 Å². The normalized spacial score (nSPS) is 40.7. The second-order valence-corrected chi connectivity index (χ2v) is 6.34. The van der Waals surface area contributed by atoms with Gasteiger partial charge in [-0.1, -0.05) is 6.42 Å². The quantitative estimate of drug-likeness (QED) is 0.764. The zero-order valence-electron chi connectivity index (χ0n) is 11.9. The number of rotatable bonds is 2. The molecule has 1 spiro atoms. The first kappa shape index (κ1) is 13.5. The Morgan fingerprint density at radius 3 is 2.89 bits per heavy atom. The summed E-state index contributed by atoms with van der Waals surface area (Å²) in [7, 11) is 0. The van der Waals surface area contributed by atoms with Gasteiger partial charge in [-0.2, -0.15) is 0 Å². The Balaban J connectivity index is 1.71. The molecule has 3 heterocycles. The molecule has 4 nitrogen and oxygen atoms in total. The van der Waals surface area contributed by atoms with Crippen LogP contribution in [0.4, 0.5) is 0 Å². The average molecular weight is 267 g/mol. The van der Waals surface area contributed by atoms with Crippen LogP contribution < -0.4 is 0 Å². The molecule has 0 bridgehead atoms. The maximum Gasteiger partial charge on any atom is 0.146 e. The zero-order chi connectivity index (χ0) is 13.3. The molecule has 3 atom stereocenters. The molecule has 3 saturated heterocycles. The van der Waals surface area contributed by atoms with Crippen molar-refractivity contribution in [2.45, 2.75) is 63.1 Å². The number of hydrogen-bond acceptors (Lipinski definition) is 4. The summed E-state index contributed by atoms with van der Waals surface area (Å²) in [4.78, 5) is 14.3. The second-order valence-electron chi connectivity index (χ2n) is 6.34. The minimum Gasteiger partial charge on any atom is -0.378 e. The smallest absolute Gasteiger partial charge is 0.146 e. The Hall–Kier alpha value is -0.450. The fraction of sp³-hybridized carbons (Fsp3) is 0.933. The van der Waals surface area contributed by atoms with Crippen LogP contribution >= 0.6 is 0 Å². The Labute approximate surface area is 115 Å². The topological polar surface area (TPSA) is 38.8 Å². The average Bonchev–Trinajstić information content (AvgIpc) is 2.86. The summed E-state index contributed by atoms with van der Waals surface area (Å²) in [6, 6.07) is 0.654. The van der Waals surface area contributed by atoms with Gasteiger partial charge in [-0.3, -0.25) is 9.69 Å². The number of likely N-dealkylation sites (tertiary alicyclic amines) is 1. The number of carbonyl (C=O) groups excluding carboxylic acids is 1. The molecule has 3 rings (SSSR count). The Kier molecular flexibility index (Phi) is 3.92. The lowest BCUT2D eigenvalue weighted by molar-refractivity contribution is -0.133. The van der Waals surface area contributed by atoms with Crippen LogP contribution in [0, 0.1) is 0 Å². The van der Waals surface area contributed by atoms with E-state index in [2.05, 4.69) is 4.90 Å². The fourth-order valence-corrected chi connectivity index (χ4v) is 3.98. The number of hydrogen-bond donors (Lipinski definition) is 0. The molecule has 0 aromatic heterocycles. The third-order valence-electron chi connectivity index (χ3n) is 5.02. The molecule has 19 heavy (non-hydrogen) atoms. The first-order valence-corrected chi connectivity index (χ1v) is 7.68. The minimum atomic E-state index is -0.0539. The fourth-order valence-electron chi connectivity index (χ4n) is 3.98. The molecule has 4 heteroatoms. The summed E-state index contributed by atoms with van der Waals surface area (Å²) in [6.07, 6.45) is 6.57. The van der Waals surface area contributed by atoms with Crippen molar-refractivity contribution in [3.8, 4) is 0 Å². The Bertz CT molecular complexity index is 338. The molecule has 0 aromatic rings. The van der Waals surface area contributed by atoms with E-state index in [-0.39, 0.29) is 11.6 Å². The first-order valence-electron chi connectivity index (χ1n) is 7.68. The largest absolute Gasteiger partial charge is 0.378 e. The van der Waals surface area contributed by atoms with Crippen LogP contribution in [0.15, 0.2) is 0 Å². The number of Topliss-reactive ketones (excluding diaryl/α,β-unsaturated/α-hetero) is 1. The molecule has 3 fully saturated rings. The number of carbonyl (C=O) groups is 1. The van der Waals surface area contributed by atoms with E-state index in [1.54, 1.807) is 6.92 Å². The van der Waals surface area contributed by atoms with Crippen molar-refractivity contribution in [1.29, 1.82) is 0 Å². The monoisotopic (exact) mass is 267 g/mol. The molecule has 3 aliphatic rings. The Morgan fingerprint density at radius 1 is 1.26 bits per heavy atom. The molecule has 108 valence electrons. The van der Waals surface area contributed by atoms with Crippen LogP contribution in [0.5, 0.6) is 0 Å². The minimum absolute atomic E-state index is 0.0539. The van der Waals surface area contributed by atoms with Gasteiger partial charge in [-0.15, -0.1) is 0 Å². The number of piperidine rings is 1. The predicted molar refractivity (Wildman–Crippen MR) is 72.2 cm³/mol. The maximum absolute atomic E-state index is 11.9. The van der Waals surface area contributed by atoms with Gasteiger partial charge in [0.2, 0.25) is 0 Å². The molecule has 0 N–H and O–H groups in total. The SMILES string of the molecule is CC(=O)C1CCCCN1C1CCOC2(CCOC2)C1. The highest BCUT2D eigenvalue weighted by Gasteiger charge is 2.44. The highest BCUT2D eigenvalue weighted by atomic mass is 16.6. The van der Waals surface area contributed by atoms with Gasteiger partial charge in [0.15, 0.2) is 0 Å². The Morgan fingerprint density at radius 2 is 2.16 bits per heavy atom. The van der Waals surface area contributed by atoms with Crippen LogP contribution in [0.3, 0.4) is 0 Å². The van der Waals surface area contributed by atoms with Crippen LogP contribution in [0.2, 0.25) is 0 Å². The summed E-state index contributed by atoms with van der Waals surface area (Å²) >= 11 is 0. The summed E-state index contributed by atoms with van der Waals surface area (Å²) in [5, 5.41) is 0. The van der Waals surface area contributed by atoms with E-state index in [1.165, 1.54) is 12.8 Å². The zero-order valence-corrected chi connectivity index (χ0v) is 11.9. The summed E-state index contributed by atoms with van der Waals surface area (Å²) in [6.45, 7) is 5.20. The first-order chi connectivity index (χ1) is 9.20. The van der Waals surface area contributed by atoms with Gasteiger partial charge < -0.3 is 9.47 Å². The lowest BCUT2D eigenvalue weighted by Crippen LogP contribution is -2.55. The van der Waals surface area contributed by atoms with E-state index in [9.17, 15) is 4.79 Å². The van der Waals surface area contributed by atoms with E-state index < -0.39 is 0 Å². The van der Waals surface area contributed by atoms with Crippen LogP contribution in [-0.2, 0) is 14.3 Å². The molecule has 0 amide bonds. The van der Waals surface area contributed by atoms with Gasteiger partial charge in [0.1, 0.15) is 5.78 Å². The summed E-state index contributed by atoms with van der Waals surface area (Å²) < 4.78 is 11.5. The highest BCUT2D eigenvalue weighted by molar-refractivity contribution is 5.81.